The Kier molecular flexibility index (Phi) is 16.3. The van der Waals surface area contributed by atoms with Gasteiger partial charge < -0.3 is 26.3 Å². The van der Waals surface area contributed by atoms with Gasteiger partial charge in [0.1, 0.15) is 5.78 Å². The van der Waals surface area contributed by atoms with E-state index in [2.05, 4.69) is 33.2 Å². The number of unbranched alkanes of at least 4 members (excludes halogenated alkanes) is 2. The lowest BCUT2D eigenvalue weighted by Gasteiger charge is -2.47. The number of imide groups is 1. The van der Waals surface area contributed by atoms with Gasteiger partial charge in [-0.2, -0.15) is 10.2 Å². The molecule has 5 fully saturated rings. The summed E-state index contributed by atoms with van der Waals surface area (Å²) in [5.74, 6) is -0.337. The number of carbonyl (C=O) groups is 5. The van der Waals surface area contributed by atoms with Crippen LogP contribution in [0.5, 0.6) is 0 Å². The molecule has 15 nitrogen and oxygen atoms in total. The maximum absolute atomic E-state index is 13.7. The highest BCUT2D eigenvalue weighted by Crippen LogP contribution is 2.56. The number of amides is 3. The summed E-state index contributed by atoms with van der Waals surface area (Å²) in [4.78, 5) is 69.6. The fraction of sp³-hybridized carbons (Fsp3) is 0.800. The summed E-state index contributed by atoms with van der Waals surface area (Å²) in [7, 11) is 0. The Balaban J connectivity index is 0.961. The molecule has 0 aromatic carbocycles. The number of nitrogens with one attached hydrogen (secondary N) is 4. The van der Waals surface area contributed by atoms with Crippen LogP contribution in [0.3, 0.4) is 0 Å². The predicted octanol–water partition coefficient (Wildman–Crippen LogP) is 4.63. The van der Waals surface area contributed by atoms with Gasteiger partial charge in [0.25, 0.3) is 0 Å². The predicted molar refractivity (Wildman–Crippen MR) is 225 cm³/mol. The number of carbonyl (C=O) groups excluding carboxylic acids is 5. The van der Waals surface area contributed by atoms with Crippen molar-refractivity contribution in [2.75, 3.05) is 45.9 Å². The molecule has 60 heavy (non-hydrogen) atoms. The van der Waals surface area contributed by atoms with Crippen molar-refractivity contribution in [3.63, 3.8) is 0 Å². The van der Waals surface area contributed by atoms with Gasteiger partial charge in [0.05, 0.1) is 47.7 Å². The Labute approximate surface area is 356 Å². The van der Waals surface area contributed by atoms with Gasteiger partial charge in [-0.25, -0.2) is 5.53 Å². The second-order valence-electron chi connectivity index (χ2n) is 18.7. The zero-order valence-corrected chi connectivity index (χ0v) is 36.2. The second kappa shape index (κ2) is 21.1. The Hall–Kier alpha value is -3.37. The summed E-state index contributed by atoms with van der Waals surface area (Å²) in [6.07, 6.45) is 20.7. The van der Waals surface area contributed by atoms with E-state index in [1.807, 2.05) is 11.8 Å². The van der Waals surface area contributed by atoms with E-state index in [1.54, 1.807) is 18.2 Å². The van der Waals surface area contributed by atoms with Crippen LogP contribution in [0, 0.1) is 35.1 Å². The average Bonchev–Trinajstić information content (AvgIpc) is 4.00. The summed E-state index contributed by atoms with van der Waals surface area (Å²) >= 11 is 0. The van der Waals surface area contributed by atoms with Crippen LogP contribution in [0.25, 0.3) is 0 Å². The van der Waals surface area contributed by atoms with Crippen molar-refractivity contribution in [1.82, 2.24) is 30.8 Å². The molecular weight excluding hydrogens is 765 g/mol. The first-order valence-corrected chi connectivity index (χ1v) is 23.2. The van der Waals surface area contributed by atoms with Gasteiger partial charge in [-0.15, -0.1) is 0 Å². The highest BCUT2D eigenvalue weighted by Gasteiger charge is 2.62. The van der Waals surface area contributed by atoms with E-state index in [9.17, 15) is 34.3 Å². The number of nitrogens with zero attached hydrogens (tertiary/aromatic N) is 4. The van der Waals surface area contributed by atoms with Gasteiger partial charge in [-0.05, 0) is 83.5 Å². The van der Waals surface area contributed by atoms with Crippen LogP contribution in [0.4, 0.5) is 0 Å². The molecule has 2 heterocycles. The molecule has 7 atom stereocenters. The normalized spacial score (nSPS) is 27.9. The highest BCUT2D eigenvalue weighted by molar-refractivity contribution is 6.06. The summed E-state index contributed by atoms with van der Waals surface area (Å²) in [5.41, 5.74) is 7.56. The highest BCUT2D eigenvalue weighted by atomic mass is 16.5. The van der Waals surface area contributed by atoms with Crippen LogP contribution < -0.4 is 16.0 Å². The number of rotatable bonds is 24. The lowest BCUT2D eigenvalue weighted by Crippen LogP contribution is -2.56. The van der Waals surface area contributed by atoms with Crippen LogP contribution in [-0.4, -0.2) is 124 Å². The fourth-order valence-corrected chi connectivity index (χ4v) is 11.6. The SMILES string of the molecule is CC(NCCO)C(=O)CCN(C/C(=C/NCCCNC(=O)C1CC2(CCCCC2)N(O)C12CCCCC2)N=N)C(C)C(=O)CCCCCN1C(=O)[C@@H]2[C@H](C1=O)[C@H]1C=C[C@@H]2C1. The first-order valence-electron chi connectivity index (χ1n) is 23.2. The van der Waals surface area contributed by atoms with Crippen LogP contribution >= 0.6 is 0 Å². The number of fused-ring (bicyclic) bond motifs is 5. The van der Waals surface area contributed by atoms with E-state index >= 15 is 0 Å². The second-order valence-corrected chi connectivity index (χ2v) is 18.7. The van der Waals surface area contributed by atoms with Crippen molar-refractivity contribution in [2.24, 2.45) is 34.7 Å². The van der Waals surface area contributed by atoms with Crippen molar-refractivity contribution in [3.8, 4) is 0 Å². The standard InChI is InChI=1S/C45H72N8O7/c1-31(48-23-26-54)37(55)16-25-51(32(2)38(56)13-6-3-11-24-52-42(58)39-33-14-15-34(27-33)40(39)43(52)59)30-35(50-46)29-47-21-12-22-49-41(57)36-28-44(17-7-4-8-18-44)53(60)45(36)19-9-5-10-20-45/h14-15,29,31-34,36,39-40,46-48,54,60H,3-13,16-28,30H2,1-2H3,(H,49,57)/b35-29-,50-46?/t31?,32?,33-,34+,36?,39+,40-. The van der Waals surface area contributed by atoms with Gasteiger partial charge in [0.15, 0.2) is 5.78 Å². The van der Waals surface area contributed by atoms with E-state index < -0.39 is 17.6 Å². The number of allylic oxidation sites excluding steroid dienone is 2. The van der Waals surface area contributed by atoms with E-state index in [-0.39, 0.29) is 90.5 Å². The number of ketones is 2. The lowest BCUT2D eigenvalue weighted by molar-refractivity contribution is -0.231. The molecule has 4 aliphatic carbocycles. The molecule has 15 heteroatoms. The molecule has 6 N–H and O–H groups in total. The van der Waals surface area contributed by atoms with Gasteiger partial charge in [0, 0.05) is 63.8 Å². The fourth-order valence-electron chi connectivity index (χ4n) is 11.6. The minimum atomic E-state index is -0.548. The first-order chi connectivity index (χ1) is 29.0. The summed E-state index contributed by atoms with van der Waals surface area (Å²) < 4.78 is 0. The third-order valence-corrected chi connectivity index (χ3v) is 15.1. The lowest BCUT2D eigenvalue weighted by atomic mass is 9.72. The van der Waals surface area contributed by atoms with Crippen LogP contribution in [-0.2, 0) is 24.0 Å². The summed E-state index contributed by atoms with van der Waals surface area (Å²) in [6.45, 7) is 5.63. The quantitative estimate of drug-likeness (QED) is 0.0342. The van der Waals surface area contributed by atoms with Crippen molar-refractivity contribution >= 4 is 29.3 Å². The molecule has 0 radical (unpaired) electrons. The molecular formula is C45H72N8O7. The number of aliphatic hydroxyl groups excluding tert-OH is 1. The number of hydroxylamine groups is 2. The third kappa shape index (κ3) is 10.1. The maximum Gasteiger partial charge on any atom is 0.233 e. The molecule has 3 saturated carbocycles. The number of likely N-dealkylation sites (tertiary alicyclic amines) is 1. The van der Waals surface area contributed by atoms with E-state index in [0.29, 0.717) is 70.4 Å². The average molecular weight is 837 g/mol. The zero-order chi connectivity index (χ0) is 42.9. The van der Waals surface area contributed by atoms with Crippen LogP contribution in [0.2, 0.25) is 0 Å². The number of hydrogen-bond donors (Lipinski definition) is 6. The largest absolute Gasteiger partial charge is 0.395 e. The van der Waals surface area contributed by atoms with E-state index in [0.717, 1.165) is 64.2 Å². The molecule has 2 aliphatic heterocycles. The van der Waals surface area contributed by atoms with Crippen LogP contribution in [0.1, 0.15) is 129 Å². The van der Waals surface area contributed by atoms with Crippen molar-refractivity contribution in [1.29, 1.82) is 5.53 Å². The van der Waals surface area contributed by atoms with Gasteiger partial charge in [-0.3, -0.25) is 33.8 Å². The Bertz CT molecular complexity index is 1580. The molecule has 0 aromatic rings. The maximum atomic E-state index is 13.7. The molecule has 0 aromatic heterocycles. The topological polar surface area (TPSA) is 208 Å². The monoisotopic (exact) mass is 837 g/mol. The number of Topliss-reactive ketones (excluding diaryl/α,β-unsaturated/α-hetero) is 2. The Morgan fingerprint density at radius 2 is 1.57 bits per heavy atom. The number of hydrogen-bond acceptors (Lipinski definition) is 13. The van der Waals surface area contributed by atoms with Gasteiger partial charge in [-0.1, -0.05) is 57.1 Å². The summed E-state index contributed by atoms with van der Waals surface area (Å²) in [6, 6.07) is -1.00. The van der Waals surface area contributed by atoms with Crippen LogP contribution in [0.15, 0.2) is 29.2 Å². The van der Waals surface area contributed by atoms with E-state index in [1.165, 1.54) is 11.3 Å². The minimum absolute atomic E-state index is 0.00318. The van der Waals surface area contributed by atoms with Crippen molar-refractivity contribution in [2.45, 2.75) is 153 Å². The van der Waals surface area contributed by atoms with Crippen molar-refractivity contribution in [3.05, 3.63) is 24.0 Å². The Morgan fingerprint density at radius 1 is 0.900 bits per heavy atom. The molecule has 334 valence electrons. The minimum Gasteiger partial charge on any atom is -0.395 e. The van der Waals surface area contributed by atoms with E-state index in [4.69, 9.17) is 5.53 Å². The molecule has 2 bridgehead atoms. The molecule has 6 rings (SSSR count). The zero-order valence-electron chi connectivity index (χ0n) is 36.2. The molecule has 2 saturated heterocycles. The molecule has 2 spiro atoms. The smallest absolute Gasteiger partial charge is 0.233 e. The van der Waals surface area contributed by atoms with Gasteiger partial charge >= 0.3 is 0 Å². The molecule has 3 amide bonds. The molecule has 3 unspecified atom stereocenters. The van der Waals surface area contributed by atoms with Gasteiger partial charge in [0.2, 0.25) is 17.7 Å². The Morgan fingerprint density at radius 3 is 2.22 bits per heavy atom. The van der Waals surface area contributed by atoms with Crippen molar-refractivity contribution < 1.29 is 34.3 Å². The first kappa shape index (κ1) is 46.1. The summed E-state index contributed by atoms with van der Waals surface area (Å²) in [5, 5.41) is 35.6. The number of aliphatic hydroxyl groups is 1. The third-order valence-electron chi connectivity index (χ3n) is 15.1. The molecule has 6 aliphatic rings.